The summed E-state index contributed by atoms with van der Waals surface area (Å²) in [5, 5.41) is 11.5. The Morgan fingerprint density at radius 1 is 1.53 bits per heavy atom. The summed E-state index contributed by atoms with van der Waals surface area (Å²) in [5.74, 6) is -0.345. The lowest BCUT2D eigenvalue weighted by atomic mass is 10.00. The van der Waals surface area contributed by atoms with Crippen LogP contribution in [0.5, 0.6) is 5.75 Å². The molecule has 1 amide bonds. The summed E-state index contributed by atoms with van der Waals surface area (Å²) < 4.78 is 9.87. The molecular formula is C13H15NO5. The summed E-state index contributed by atoms with van der Waals surface area (Å²) >= 11 is 0. The highest BCUT2D eigenvalue weighted by atomic mass is 16.5. The first-order valence-corrected chi connectivity index (χ1v) is 5.93. The van der Waals surface area contributed by atoms with Gasteiger partial charge in [0.2, 0.25) is 0 Å². The molecule has 0 radical (unpaired) electrons. The number of alkyl carbamates (subject to hydrolysis) is 1. The van der Waals surface area contributed by atoms with Crippen molar-refractivity contribution in [1.82, 2.24) is 5.32 Å². The number of aliphatic carboxylic acids is 1. The first kappa shape index (κ1) is 13.2. The van der Waals surface area contributed by atoms with Gasteiger partial charge in [-0.1, -0.05) is 12.1 Å². The average molecular weight is 265 g/mol. The zero-order chi connectivity index (χ0) is 13.8. The van der Waals surface area contributed by atoms with Gasteiger partial charge in [0.25, 0.3) is 0 Å². The molecule has 19 heavy (non-hydrogen) atoms. The van der Waals surface area contributed by atoms with Gasteiger partial charge in [-0.15, -0.1) is 0 Å². The molecule has 1 aliphatic heterocycles. The predicted molar refractivity (Wildman–Crippen MR) is 66.1 cm³/mol. The van der Waals surface area contributed by atoms with E-state index in [2.05, 4.69) is 10.1 Å². The molecule has 0 saturated heterocycles. The third-order valence-electron chi connectivity index (χ3n) is 2.97. The molecule has 0 aliphatic carbocycles. The molecule has 6 nitrogen and oxygen atoms in total. The second-order valence-electron chi connectivity index (χ2n) is 4.27. The maximum Gasteiger partial charge on any atom is 0.407 e. The fourth-order valence-electron chi connectivity index (χ4n) is 1.97. The summed E-state index contributed by atoms with van der Waals surface area (Å²) in [6.07, 6.45) is -0.152. The van der Waals surface area contributed by atoms with E-state index in [-0.39, 0.29) is 0 Å². The quantitative estimate of drug-likeness (QED) is 0.861. The number of hydrogen-bond acceptors (Lipinski definition) is 4. The Morgan fingerprint density at radius 2 is 2.32 bits per heavy atom. The van der Waals surface area contributed by atoms with Crippen molar-refractivity contribution in [3.05, 3.63) is 29.3 Å². The fraction of sp³-hybridized carbons (Fsp3) is 0.385. The summed E-state index contributed by atoms with van der Waals surface area (Å²) in [6, 6.07) is 5.43. The van der Waals surface area contributed by atoms with Crippen molar-refractivity contribution in [3.63, 3.8) is 0 Å². The molecule has 1 aromatic rings. The lowest BCUT2D eigenvalue weighted by molar-refractivity contribution is -0.145. The predicted octanol–water partition coefficient (Wildman–Crippen LogP) is 1.32. The number of fused-ring (bicyclic) bond motifs is 1. The number of hydrogen-bond donors (Lipinski definition) is 2. The van der Waals surface area contributed by atoms with Gasteiger partial charge in [0.1, 0.15) is 5.75 Å². The van der Waals surface area contributed by atoms with Crippen LogP contribution in [0.3, 0.4) is 0 Å². The summed E-state index contributed by atoms with van der Waals surface area (Å²) in [6.45, 7) is 0.363. The molecule has 1 heterocycles. The van der Waals surface area contributed by atoms with Crippen molar-refractivity contribution >= 4 is 12.1 Å². The number of aryl methyl sites for hydroxylation is 1. The van der Waals surface area contributed by atoms with Crippen molar-refractivity contribution in [2.75, 3.05) is 7.11 Å². The van der Waals surface area contributed by atoms with E-state index >= 15 is 0 Å². The van der Waals surface area contributed by atoms with E-state index in [0.717, 1.165) is 11.1 Å². The monoisotopic (exact) mass is 265 g/mol. The number of nitrogens with one attached hydrogen (secondary N) is 1. The number of rotatable bonds is 3. The van der Waals surface area contributed by atoms with Crippen molar-refractivity contribution in [3.8, 4) is 5.75 Å². The minimum absolute atomic E-state index is 0.363. The van der Waals surface area contributed by atoms with E-state index in [9.17, 15) is 9.59 Å². The van der Waals surface area contributed by atoms with Crippen LogP contribution in [0.1, 0.15) is 17.5 Å². The maximum atomic E-state index is 11.0. The normalized spacial score (nSPS) is 17.0. The fourth-order valence-corrected chi connectivity index (χ4v) is 1.97. The van der Waals surface area contributed by atoms with Crippen LogP contribution in [0.4, 0.5) is 4.79 Å². The largest absolute Gasteiger partial charge is 0.479 e. The first-order valence-electron chi connectivity index (χ1n) is 5.93. The molecule has 1 aliphatic rings. The number of ether oxygens (including phenoxy) is 2. The molecule has 1 aromatic carbocycles. The molecule has 0 bridgehead atoms. The van der Waals surface area contributed by atoms with E-state index in [4.69, 9.17) is 9.84 Å². The Kier molecular flexibility index (Phi) is 3.89. The Labute approximate surface area is 110 Å². The number of carbonyl (C=O) groups excluding carboxylic acids is 1. The van der Waals surface area contributed by atoms with Gasteiger partial charge >= 0.3 is 12.1 Å². The lowest BCUT2D eigenvalue weighted by Crippen LogP contribution is -2.31. The van der Waals surface area contributed by atoms with Gasteiger partial charge in [-0.3, -0.25) is 0 Å². The minimum atomic E-state index is -0.943. The topological polar surface area (TPSA) is 84.9 Å². The summed E-state index contributed by atoms with van der Waals surface area (Å²) in [7, 11) is 1.31. The Morgan fingerprint density at radius 3 is 3.00 bits per heavy atom. The standard InChI is InChI=1S/C13H15NO5/c1-18-13(17)14-7-8-2-4-10-9(6-8)3-5-11(19-10)12(15)16/h2,4,6,11H,3,5,7H2,1H3,(H,14,17)(H,15,16)/t11-/m0/s1. The maximum absolute atomic E-state index is 11.0. The minimum Gasteiger partial charge on any atom is -0.479 e. The average Bonchev–Trinajstić information content (AvgIpc) is 2.43. The van der Waals surface area contributed by atoms with Crippen molar-refractivity contribution in [2.24, 2.45) is 0 Å². The van der Waals surface area contributed by atoms with Crippen molar-refractivity contribution in [1.29, 1.82) is 0 Å². The van der Waals surface area contributed by atoms with Crippen LogP contribution in [-0.4, -0.2) is 30.4 Å². The molecule has 6 heteroatoms. The highest BCUT2D eigenvalue weighted by Crippen LogP contribution is 2.28. The zero-order valence-corrected chi connectivity index (χ0v) is 10.5. The Hall–Kier alpha value is -2.24. The van der Waals surface area contributed by atoms with Crippen LogP contribution >= 0.6 is 0 Å². The second-order valence-corrected chi connectivity index (χ2v) is 4.27. The van der Waals surface area contributed by atoms with E-state index in [1.54, 1.807) is 12.1 Å². The highest BCUT2D eigenvalue weighted by Gasteiger charge is 2.25. The van der Waals surface area contributed by atoms with Gasteiger partial charge in [-0.2, -0.15) is 0 Å². The van der Waals surface area contributed by atoms with E-state index in [1.165, 1.54) is 7.11 Å². The molecule has 102 valence electrons. The lowest BCUT2D eigenvalue weighted by Gasteiger charge is -2.23. The van der Waals surface area contributed by atoms with Crippen LogP contribution in [0.15, 0.2) is 18.2 Å². The van der Waals surface area contributed by atoms with Gasteiger partial charge in [0, 0.05) is 6.54 Å². The third-order valence-corrected chi connectivity index (χ3v) is 2.97. The van der Waals surface area contributed by atoms with Crippen LogP contribution in [-0.2, 0) is 22.5 Å². The second kappa shape index (κ2) is 5.60. The molecule has 0 fully saturated rings. The number of methoxy groups -OCH3 is 1. The molecule has 2 rings (SSSR count). The number of carboxylic acid groups (broad SMARTS) is 1. The molecule has 0 aromatic heterocycles. The number of amides is 1. The number of carboxylic acids is 1. The molecule has 2 N–H and O–H groups in total. The van der Waals surface area contributed by atoms with Crippen LogP contribution < -0.4 is 10.1 Å². The van der Waals surface area contributed by atoms with Crippen LogP contribution in [0.25, 0.3) is 0 Å². The summed E-state index contributed by atoms with van der Waals surface area (Å²) in [4.78, 5) is 21.8. The van der Waals surface area contributed by atoms with E-state index in [0.29, 0.717) is 25.1 Å². The smallest absolute Gasteiger partial charge is 0.407 e. The molecule has 0 unspecified atom stereocenters. The number of carbonyl (C=O) groups is 2. The third kappa shape index (κ3) is 3.15. The van der Waals surface area contributed by atoms with E-state index in [1.807, 2.05) is 6.07 Å². The van der Waals surface area contributed by atoms with Crippen molar-refractivity contribution < 1.29 is 24.2 Å². The van der Waals surface area contributed by atoms with Gasteiger partial charge in [0.05, 0.1) is 7.11 Å². The van der Waals surface area contributed by atoms with Crippen molar-refractivity contribution in [2.45, 2.75) is 25.5 Å². The molecule has 0 saturated carbocycles. The Balaban J connectivity index is 2.04. The summed E-state index contributed by atoms with van der Waals surface area (Å²) in [5.41, 5.74) is 1.88. The number of benzene rings is 1. The van der Waals surface area contributed by atoms with Gasteiger partial charge < -0.3 is 19.9 Å². The van der Waals surface area contributed by atoms with Crippen LogP contribution in [0.2, 0.25) is 0 Å². The van der Waals surface area contributed by atoms with Gasteiger partial charge in [-0.25, -0.2) is 9.59 Å². The molecule has 0 spiro atoms. The SMILES string of the molecule is COC(=O)NCc1ccc2c(c1)CC[C@@H](C(=O)O)O2. The Bertz CT molecular complexity index is 500. The first-order chi connectivity index (χ1) is 9.10. The highest BCUT2D eigenvalue weighted by molar-refractivity contribution is 5.73. The van der Waals surface area contributed by atoms with Crippen LogP contribution in [0, 0.1) is 0 Å². The van der Waals surface area contributed by atoms with E-state index < -0.39 is 18.2 Å². The zero-order valence-electron chi connectivity index (χ0n) is 10.5. The van der Waals surface area contributed by atoms with Gasteiger partial charge in [0.15, 0.2) is 6.10 Å². The van der Waals surface area contributed by atoms with Gasteiger partial charge in [-0.05, 0) is 30.0 Å². The molecule has 1 atom stereocenters. The molecular weight excluding hydrogens is 250 g/mol.